The van der Waals surface area contributed by atoms with E-state index in [-0.39, 0.29) is 0 Å². The summed E-state index contributed by atoms with van der Waals surface area (Å²) >= 11 is 0. The predicted molar refractivity (Wildman–Crippen MR) is 26.1 cm³/mol. The van der Waals surface area contributed by atoms with E-state index in [0.29, 0.717) is 5.71 Å². The molecule has 0 aromatic rings. The van der Waals surface area contributed by atoms with Gasteiger partial charge < -0.3 is 11.3 Å². The van der Waals surface area contributed by atoms with E-state index in [1.165, 1.54) is 6.21 Å². The molecule has 0 atom stereocenters. The molecular formula is C3H7N3. The number of hydrogen-bond donors (Lipinski definition) is 2. The van der Waals surface area contributed by atoms with E-state index in [2.05, 4.69) is 10.9 Å². The summed E-state index contributed by atoms with van der Waals surface area (Å²) in [6, 6.07) is 0. The molecule has 3 nitrogen and oxygen atoms in total. The Balaban J connectivity index is 3.30. The second-order valence-corrected chi connectivity index (χ2v) is 0.961. The van der Waals surface area contributed by atoms with Gasteiger partial charge in [-0.15, -0.1) is 0 Å². The highest BCUT2D eigenvalue weighted by Gasteiger charge is 1.69. The zero-order valence-electron chi connectivity index (χ0n) is 3.60. The summed E-state index contributed by atoms with van der Waals surface area (Å²) in [5.41, 5.74) is 0.373. The minimum atomic E-state index is 0.373. The van der Waals surface area contributed by atoms with Crippen LogP contribution in [0.5, 0.6) is 0 Å². The molecule has 0 aromatic heterocycles. The molecule has 0 rings (SSSR count). The molecule has 0 unspecified atom stereocenters. The highest BCUT2D eigenvalue weighted by atomic mass is 15.1. The Morgan fingerprint density at radius 2 is 2.50 bits per heavy atom. The van der Waals surface area contributed by atoms with Crippen LogP contribution < -0.4 is 5.84 Å². The summed E-state index contributed by atoms with van der Waals surface area (Å²) in [7, 11) is 0. The number of nitrogens with zero attached hydrogens (tertiary/aromatic N) is 1. The Morgan fingerprint density at radius 1 is 2.00 bits per heavy atom. The lowest BCUT2D eigenvalue weighted by Gasteiger charge is -1.73. The average molecular weight is 85.1 g/mol. The maximum Gasteiger partial charge on any atom is 0.0670 e. The fourth-order valence-electron chi connectivity index (χ4n) is 0.112. The van der Waals surface area contributed by atoms with Crippen molar-refractivity contribution < 1.29 is 0 Å². The van der Waals surface area contributed by atoms with Crippen LogP contribution in [0.3, 0.4) is 0 Å². The fourth-order valence-corrected chi connectivity index (χ4v) is 0.112. The first-order valence-corrected chi connectivity index (χ1v) is 1.56. The minimum absolute atomic E-state index is 0.373. The van der Waals surface area contributed by atoms with Crippen molar-refractivity contribution in [2.24, 2.45) is 10.9 Å². The topological polar surface area (TPSA) is 62.2 Å². The number of rotatable bonds is 1. The van der Waals surface area contributed by atoms with Gasteiger partial charge in [-0.25, -0.2) is 0 Å². The van der Waals surface area contributed by atoms with Crippen LogP contribution in [0.1, 0.15) is 6.92 Å². The van der Waals surface area contributed by atoms with Crippen molar-refractivity contribution in [2.45, 2.75) is 6.92 Å². The van der Waals surface area contributed by atoms with Crippen molar-refractivity contribution in [1.29, 1.82) is 5.41 Å². The summed E-state index contributed by atoms with van der Waals surface area (Å²) in [6.07, 6.45) is 1.28. The number of nitrogens with two attached hydrogens (primary N) is 1. The zero-order chi connectivity index (χ0) is 4.99. The molecule has 0 saturated heterocycles. The van der Waals surface area contributed by atoms with Gasteiger partial charge in [0.15, 0.2) is 0 Å². The summed E-state index contributed by atoms with van der Waals surface area (Å²) in [5.74, 6) is 4.66. The summed E-state index contributed by atoms with van der Waals surface area (Å²) in [4.78, 5) is 0. The van der Waals surface area contributed by atoms with Crippen molar-refractivity contribution in [3.8, 4) is 0 Å². The minimum Gasteiger partial charge on any atom is -0.323 e. The van der Waals surface area contributed by atoms with Crippen LogP contribution in [0.4, 0.5) is 0 Å². The summed E-state index contributed by atoms with van der Waals surface area (Å²) in [5, 5.41) is 9.75. The lowest BCUT2D eigenvalue weighted by Crippen LogP contribution is -1.91. The molecule has 0 aliphatic rings. The van der Waals surface area contributed by atoms with E-state index in [4.69, 9.17) is 5.41 Å². The maximum atomic E-state index is 6.66. The van der Waals surface area contributed by atoms with Gasteiger partial charge in [-0.05, 0) is 6.92 Å². The number of hydrazone groups is 1. The van der Waals surface area contributed by atoms with Crippen molar-refractivity contribution in [2.75, 3.05) is 0 Å². The van der Waals surface area contributed by atoms with Gasteiger partial charge in [0.25, 0.3) is 0 Å². The van der Waals surface area contributed by atoms with Gasteiger partial charge in [-0.1, -0.05) is 0 Å². The molecule has 0 aliphatic heterocycles. The van der Waals surface area contributed by atoms with E-state index >= 15 is 0 Å². The molecule has 0 saturated carbocycles. The SMILES string of the molecule is CC(=N)/C=N\N. The first kappa shape index (κ1) is 5.14. The van der Waals surface area contributed by atoms with Crippen LogP contribution in [-0.2, 0) is 0 Å². The molecule has 6 heavy (non-hydrogen) atoms. The molecule has 3 heteroatoms. The van der Waals surface area contributed by atoms with Crippen LogP contribution in [0.25, 0.3) is 0 Å². The average Bonchev–Trinajstić information content (AvgIpc) is 1.35. The quantitative estimate of drug-likeness (QED) is 0.262. The van der Waals surface area contributed by atoms with Gasteiger partial charge in [-0.2, -0.15) is 5.10 Å². The van der Waals surface area contributed by atoms with Gasteiger partial charge in [0, 0.05) is 5.71 Å². The molecule has 0 radical (unpaired) electrons. The molecule has 0 spiro atoms. The third-order valence-corrected chi connectivity index (χ3v) is 0.268. The predicted octanol–water partition coefficient (Wildman–Crippen LogP) is -0.0294. The largest absolute Gasteiger partial charge is 0.323 e. The summed E-state index contributed by atoms with van der Waals surface area (Å²) < 4.78 is 0. The lowest BCUT2D eigenvalue weighted by molar-refractivity contribution is 1.27. The van der Waals surface area contributed by atoms with Gasteiger partial charge in [0.1, 0.15) is 0 Å². The standard InChI is InChI=1S/C3H7N3/c1-3(4)2-6-5/h2,4H,5H2,1H3/b4-3?,6-2-. The van der Waals surface area contributed by atoms with E-state index in [9.17, 15) is 0 Å². The van der Waals surface area contributed by atoms with Crippen LogP contribution >= 0.6 is 0 Å². The fraction of sp³-hybridized carbons (Fsp3) is 0.333. The van der Waals surface area contributed by atoms with E-state index in [0.717, 1.165) is 0 Å². The van der Waals surface area contributed by atoms with Gasteiger partial charge in [-0.3, -0.25) is 0 Å². The smallest absolute Gasteiger partial charge is 0.0670 e. The Morgan fingerprint density at radius 3 is 2.50 bits per heavy atom. The normalized spacial score (nSPS) is 9.50. The highest BCUT2D eigenvalue weighted by Crippen LogP contribution is 1.55. The zero-order valence-corrected chi connectivity index (χ0v) is 3.60. The van der Waals surface area contributed by atoms with Crippen molar-refractivity contribution in [3.63, 3.8) is 0 Å². The monoisotopic (exact) mass is 85.1 g/mol. The molecule has 0 heterocycles. The van der Waals surface area contributed by atoms with E-state index < -0.39 is 0 Å². The van der Waals surface area contributed by atoms with Crippen molar-refractivity contribution in [3.05, 3.63) is 0 Å². The lowest BCUT2D eigenvalue weighted by atomic mass is 10.5. The molecular weight excluding hydrogens is 78.1 g/mol. The number of nitrogens with one attached hydrogen (secondary N) is 1. The van der Waals surface area contributed by atoms with Gasteiger partial charge in [0.2, 0.25) is 0 Å². The van der Waals surface area contributed by atoms with Crippen LogP contribution in [0.2, 0.25) is 0 Å². The second kappa shape index (κ2) is 2.38. The Labute approximate surface area is 36.4 Å². The Hall–Kier alpha value is -0.860. The number of hydrogen-bond acceptors (Lipinski definition) is 3. The molecule has 3 N–H and O–H groups in total. The highest BCUT2D eigenvalue weighted by molar-refractivity contribution is 6.27. The first-order chi connectivity index (χ1) is 2.77. The van der Waals surface area contributed by atoms with Crippen LogP contribution in [0, 0.1) is 5.41 Å². The molecule has 0 fully saturated rings. The Bertz CT molecular complexity index is 74.1. The third kappa shape index (κ3) is 3.14. The van der Waals surface area contributed by atoms with Gasteiger partial charge >= 0.3 is 0 Å². The van der Waals surface area contributed by atoms with Gasteiger partial charge in [0.05, 0.1) is 6.21 Å². The molecule has 0 aromatic carbocycles. The Kier molecular flexibility index (Phi) is 2.04. The molecule has 0 aliphatic carbocycles. The third-order valence-electron chi connectivity index (χ3n) is 0.268. The van der Waals surface area contributed by atoms with Crippen LogP contribution in [0.15, 0.2) is 5.10 Å². The van der Waals surface area contributed by atoms with Crippen molar-refractivity contribution >= 4 is 11.9 Å². The molecule has 34 valence electrons. The van der Waals surface area contributed by atoms with Crippen LogP contribution in [-0.4, -0.2) is 11.9 Å². The maximum absolute atomic E-state index is 6.66. The second-order valence-electron chi connectivity index (χ2n) is 0.961. The van der Waals surface area contributed by atoms with Crippen molar-refractivity contribution in [1.82, 2.24) is 0 Å². The molecule has 0 bridgehead atoms. The summed E-state index contributed by atoms with van der Waals surface area (Å²) in [6.45, 7) is 1.61. The van der Waals surface area contributed by atoms with E-state index in [1.807, 2.05) is 0 Å². The molecule has 0 amide bonds. The first-order valence-electron chi connectivity index (χ1n) is 1.56. The van der Waals surface area contributed by atoms with E-state index in [1.54, 1.807) is 6.92 Å².